The number of nitrogens with one attached hydrogen (secondary N) is 1. The van der Waals surface area contributed by atoms with Crippen LogP contribution in [0.15, 0.2) is 35.0 Å². The molecule has 0 aromatic carbocycles. The third-order valence-electron chi connectivity index (χ3n) is 3.76. The monoisotopic (exact) mass is 300 g/mol. The van der Waals surface area contributed by atoms with Crippen molar-refractivity contribution in [1.29, 1.82) is 0 Å². The van der Waals surface area contributed by atoms with Crippen molar-refractivity contribution < 1.29 is 9.21 Å². The molecule has 4 nitrogen and oxygen atoms in total. The second kappa shape index (κ2) is 4.77. The highest BCUT2D eigenvalue weighted by atomic mass is 32.1. The Balaban J connectivity index is 1.47. The lowest BCUT2D eigenvalue weighted by molar-refractivity contribution is 0.0952. The zero-order chi connectivity index (χ0) is 14.4. The molecule has 1 aliphatic rings. The first-order valence-electron chi connectivity index (χ1n) is 7.13. The van der Waals surface area contributed by atoms with Gasteiger partial charge in [-0.3, -0.25) is 4.79 Å². The number of carbonyl (C=O) groups excluding carboxylic acids is 1. The van der Waals surface area contributed by atoms with Gasteiger partial charge in [-0.05, 0) is 38.0 Å². The average Bonchev–Trinajstić information content (AvgIpc) is 2.91. The SMILES string of the molecule is Cc1ccc(CNC(=O)c2cc3cn(C4CC4)cc3s2)o1. The number of hydrogen-bond acceptors (Lipinski definition) is 3. The molecule has 4 rings (SSSR count). The minimum atomic E-state index is -0.0387. The molecule has 1 N–H and O–H groups in total. The fraction of sp³-hybridized carbons (Fsp3) is 0.312. The van der Waals surface area contributed by atoms with Gasteiger partial charge in [0.2, 0.25) is 0 Å². The van der Waals surface area contributed by atoms with Gasteiger partial charge in [0.1, 0.15) is 11.5 Å². The summed E-state index contributed by atoms with van der Waals surface area (Å²) in [6, 6.07) is 6.45. The fourth-order valence-electron chi connectivity index (χ4n) is 2.48. The number of hydrogen-bond donors (Lipinski definition) is 1. The van der Waals surface area contributed by atoms with Crippen molar-refractivity contribution in [2.75, 3.05) is 0 Å². The van der Waals surface area contributed by atoms with Crippen LogP contribution in [0.5, 0.6) is 0 Å². The molecule has 3 heterocycles. The van der Waals surface area contributed by atoms with Crippen LogP contribution in [-0.2, 0) is 6.54 Å². The van der Waals surface area contributed by atoms with Gasteiger partial charge in [-0.2, -0.15) is 0 Å². The van der Waals surface area contributed by atoms with E-state index in [1.54, 1.807) is 11.3 Å². The normalized spacial score (nSPS) is 14.7. The minimum Gasteiger partial charge on any atom is -0.465 e. The molecule has 0 unspecified atom stereocenters. The molecule has 5 heteroatoms. The molecule has 0 radical (unpaired) electrons. The number of aromatic nitrogens is 1. The lowest BCUT2D eigenvalue weighted by Gasteiger charge is -2.00. The van der Waals surface area contributed by atoms with E-state index in [0.29, 0.717) is 12.6 Å². The van der Waals surface area contributed by atoms with Crippen LogP contribution in [0.2, 0.25) is 0 Å². The molecule has 0 aliphatic heterocycles. The van der Waals surface area contributed by atoms with Gasteiger partial charge in [-0.1, -0.05) is 0 Å². The Kier molecular flexibility index (Phi) is 2.89. The molecular formula is C16H16N2O2S. The van der Waals surface area contributed by atoms with E-state index < -0.39 is 0 Å². The maximum atomic E-state index is 12.2. The van der Waals surface area contributed by atoms with E-state index >= 15 is 0 Å². The van der Waals surface area contributed by atoms with Crippen LogP contribution in [0.1, 0.15) is 40.1 Å². The number of furan rings is 1. The summed E-state index contributed by atoms with van der Waals surface area (Å²) in [7, 11) is 0. The van der Waals surface area contributed by atoms with Crippen LogP contribution in [0.3, 0.4) is 0 Å². The third kappa shape index (κ3) is 2.49. The van der Waals surface area contributed by atoms with Crippen molar-refractivity contribution in [3.8, 4) is 0 Å². The molecule has 0 spiro atoms. The van der Waals surface area contributed by atoms with Crippen LogP contribution in [0.4, 0.5) is 0 Å². The molecule has 0 saturated heterocycles. The predicted octanol–water partition coefficient (Wildman–Crippen LogP) is 3.87. The van der Waals surface area contributed by atoms with Crippen molar-refractivity contribution in [2.24, 2.45) is 0 Å². The van der Waals surface area contributed by atoms with Gasteiger partial charge in [-0.15, -0.1) is 11.3 Å². The number of amides is 1. The standard InChI is InChI=1S/C16H16N2O2S/c1-10-2-5-13(20-10)7-17-16(19)14-6-11-8-18(12-3-4-12)9-15(11)21-14/h2,5-6,8-9,12H,3-4,7H2,1H3,(H,17,19). The van der Waals surface area contributed by atoms with E-state index in [9.17, 15) is 4.79 Å². The van der Waals surface area contributed by atoms with Crippen LogP contribution in [-0.4, -0.2) is 10.5 Å². The molecular weight excluding hydrogens is 284 g/mol. The highest BCUT2D eigenvalue weighted by molar-refractivity contribution is 7.20. The summed E-state index contributed by atoms with van der Waals surface area (Å²) in [4.78, 5) is 12.9. The zero-order valence-corrected chi connectivity index (χ0v) is 12.6. The number of carbonyl (C=O) groups is 1. The fourth-order valence-corrected chi connectivity index (χ4v) is 3.48. The predicted molar refractivity (Wildman–Crippen MR) is 82.7 cm³/mol. The van der Waals surface area contributed by atoms with E-state index in [4.69, 9.17) is 4.42 Å². The van der Waals surface area contributed by atoms with Crippen molar-refractivity contribution >= 4 is 27.3 Å². The van der Waals surface area contributed by atoms with Gasteiger partial charge in [0, 0.05) is 23.8 Å². The molecule has 1 aliphatic carbocycles. The molecule has 21 heavy (non-hydrogen) atoms. The number of rotatable bonds is 4. The topological polar surface area (TPSA) is 47.2 Å². The number of aryl methyl sites for hydroxylation is 1. The van der Waals surface area contributed by atoms with E-state index in [2.05, 4.69) is 22.3 Å². The van der Waals surface area contributed by atoms with E-state index in [1.165, 1.54) is 17.5 Å². The highest BCUT2D eigenvalue weighted by Crippen LogP contribution is 2.38. The smallest absolute Gasteiger partial charge is 0.261 e. The molecule has 1 saturated carbocycles. The first-order valence-corrected chi connectivity index (χ1v) is 7.95. The van der Waals surface area contributed by atoms with Crippen molar-refractivity contribution in [1.82, 2.24) is 9.88 Å². The average molecular weight is 300 g/mol. The molecule has 0 bridgehead atoms. The Morgan fingerprint density at radius 3 is 2.95 bits per heavy atom. The van der Waals surface area contributed by atoms with Crippen molar-refractivity contribution in [3.63, 3.8) is 0 Å². The van der Waals surface area contributed by atoms with Gasteiger partial charge in [0.15, 0.2) is 0 Å². The van der Waals surface area contributed by atoms with Crippen LogP contribution >= 0.6 is 11.3 Å². The summed E-state index contributed by atoms with van der Waals surface area (Å²) in [5.74, 6) is 1.60. The molecule has 3 aromatic heterocycles. The summed E-state index contributed by atoms with van der Waals surface area (Å²) >= 11 is 1.55. The van der Waals surface area contributed by atoms with Crippen LogP contribution < -0.4 is 5.32 Å². The summed E-state index contributed by atoms with van der Waals surface area (Å²) in [5.41, 5.74) is 0. The molecule has 3 aromatic rings. The number of nitrogens with zero attached hydrogens (tertiary/aromatic N) is 1. The highest BCUT2D eigenvalue weighted by Gasteiger charge is 2.24. The summed E-state index contributed by atoms with van der Waals surface area (Å²) in [6.45, 7) is 2.32. The molecule has 108 valence electrons. The Bertz CT molecular complexity index is 776. The van der Waals surface area contributed by atoms with E-state index in [1.807, 2.05) is 25.1 Å². The van der Waals surface area contributed by atoms with Crippen molar-refractivity contribution in [3.05, 3.63) is 47.0 Å². The second-order valence-corrected chi connectivity index (χ2v) is 6.65. The maximum absolute atomic E-state index is 12.2. The van der Waals surface area contributed by atoms with Crippen molar-refractivity contribution in [2.45, 2.75) is 32.4 Å². The summed E-state index contributed by atoms with van der Waals surface area (Å²) < 4.78 is 8.90. The lowest BCUT2D eigenvalue weighted by Crippen LogP contribution is -2.21. The minimum absolute atomic E-state index is 0.0387. The Labute approximate surface area is 126 Å². The Hall–Kier alpha value is -2.01. The summed E-state index contributed by atoms with van der Waals surface area (Å²) in [5, 5.41) is 4.06. The van der Waals surface area contributed by atoms with Crippen LogP contribution in [0, 0.1) is 6.92 Å². The largest absolute Gasteiger partial charge is 0.465 e. The van der Waals surface area contributed by atoms with Gasteiger partial charge in [-0.25, -0.2) is 0 Å². The van der Waals surface area contributed by atoms with Crippen LogP contribution in [0.25, 0.3) is 10.1 Å². The van der Waals surface area contributed by atoms with Gasteiger partial charge in [0.25, 0.3) is 5.91 Å². The van der Waals surface area contributed by atoms with E-state index in [0.717, 1.165) is 21.8 Å². The molecule has 0 atom stereocenters. The lowest BCUT2D eigenvalue weighted by atomic mass is 10.3. The van der Waals surface area contributed by atoms with Gasteiger partial charge >= 0.3 is 0 Å². The first-order chi connectivity index (χ1) is 10.2. The molecule has 1 amide bonds. The number of fused-ring (bicyclic) bond motifs is 1. The van der Waals surface area contributed by atoms with E-state index in [-0.39, 0.29) is 5.91 Å². The third-order valence-corrected chi connectivity index (χ3v) is 4.84. The second-order valence-electron chi connectivity index (χ2n) is 5.56. The molecule has 1 fully saturated rings. The summed E-state index contributed by atoms with van der Waals surface area (Å²) in [6.07, 6.45) is 6.86. The Morgan fingerprint density at radius 2 is 2.29 bits per heavy atom. The van der Waals surface area contributed by atoms with Gasteiger partial charge in [0.05, 0.1) is 16.1 Å². The maximum Gasteiger partial charge on any atom is 0.261 e. The number of thiophene rings is 1. The first kappa shape index (κ1) is 12.7. The zero-order valence-electron chi connectivity index (χ0n) is 11.8. The Morgan fingerprint density at radius 1 is 1.43 bits per heavy atom. The van der Waals surface area contributed by atoms with Gasteiger partial charge < -0.3 is 14.3 Å². The quantitative estimate of drug-likeness (QED) is 0.795.